The molecule has 164 valence electrons. The number of para-hydroxylation sites is 2. The van der Waals surface area contributed by atoms with Crippen molar-refractivity contribution in [1.82, 2.24) is 14.5 Å². The maximum atomic E-state index is 12.7. The summed E-state index contributed by atoms with van der Waals surface area (Å²) in [6.45, 7) is 9.38. The number of likely N-dealkylation sites (tertiary alicyclic amines) is 1. The fourth-order valence-corrected chi connectivity index (χ4v) is 4.29. The van der Waals surface area contributed by atoms with Crippen LogP contribution < -0.4 is 4.74 Å². The number of ether oxygens (including phenoxy) is 1. The van der Waals surface area contributed by atoms with Gasteiger partial charge in [0.15, 0.2) is 0 Å². The van der Waals surface area contributed by atoms with Crippen molar-refractivity contribution in [1.29, 1.82) is 0 Å². The minimum absolute atomic E-state index is 0.00372. The van der Waals surface area contributed by atoms with Crippen LogP contribution in [-0.4, -0.2) is 50.3 Å². The maximum Gasteiger partial charge on any atom is 0.223 e. The van der Waals surface area contributed by atoms with Crippen molar-refractivity contribution in [2.45, 2.75) is 58.2 Å². The predicted molar refractivity (Wildman–Crippen MR) is 121 cm³/mol. The third-order valence-electron chi connectivity index (χ3n) is 5.81. The van der Waals surface area contributed by atoms with E-state index in [9.17, 15) is 9.90 Å². The number of hydrogen-bond acceptors (Lipinski definition) is 4. The lowest BCUT2D eigenvalue weighted by Crippen LogP contribution is -2.42. The van der Waals surface area contributed by atoms with Crippen molar-refractivity contribution >= 4 is 16.9 Å². The van der Waals surface area contributed by atoms with Crippen LogP contribution in [0.5, 0.6) is 5.75 Å². The molecule has 0 radical (unpaired) electrons. The number of carbonyl (C=O) groups is 1. The fourth-order valence-electron chi connectivity index (χ4n) is 4.29. The second kappa shape index (κ2) is 8.35. The molecule has 1 saturated heterocycles. The normalized spacial score (nSPS) is 18.0. The van der Waals surface area contributed by atoms with Crippen molar-refractivity contribution in [3.63, 3.8) is 0 Å². The molecule has 6 heteroatoms. The summed E-state index contributed by atoms with van der Waals surface area (Å²) >= 11 is 0. The van der Waals surface area contributed by atoms with E-state index in [2.05, 4.69) is 25.3 Å². The third-order valence-corrected chi connectivity index (χ3v) is 5.81. The number of imidazole rings is 1. The first kappa shape index (κ1) is 21.4. The van der Waals surface area contributed by atoms with E-state index < -0.39 is 6.10 Å². The van der Waals surface area contributed by atoms with Crippen molar-refractivity contribution in [2.75, 3.05) is 13.2 Å². The molecule has 0 bridgehead atoms. The molecule has 1 fully saturated rings. The van der Waals surface area contributed by atoms with E-state index in [1.54, 1.807) is 0 Å². The number of fused-ring (bicyclic) bond motifs is 1. The molecular weight excluding hydrogens is 390 g/mol. The number of hydrogen-bond donors (Lipinski definition) is 1. The number of carbonyl (C=O) groups excluding carboxylic acids is 1. The van der Waals surface area contributed by atoms with Crippen molar-refractivity contribution < 1.29 is 14.6 Å². The lowest BCUT2D eigenvalue weighted by molar-refractivity contribution is -0.131. The average Bonchev–Trinajstić information content (AvgIpc) is 3.27. The molecule has 1 N–H and O–H groups in total. The van der Waals surface area contributed by atoms with Gasteiger partial charge in [-0.3, -0.25) is 4.79 Å². The van der Waals surface area contributed by atoms with Gasteiger partial charge in [0.05, 0.1) is 17.6 Å². The third kappa shape index (κ3) is 4.59. The van der Waals surface area contributed by atoms with Gasteiger partial charge in [-0.05, 0) is 57.5 Å². The molecule has 0 aliphatic carbocycles. The molecular formula is C25H31N3O3. The molecule has 0 saturated carbocycles. The van der Waals surface area contributed by atoms with Crippen molar-refractivity contribution in [3.8, 4) is 5.75 Å². The lowest BCUT2D eigenvalue weighted by atomic mass is 10.1. The second-order valence-corrected chi connectivity index (χ2v) is 9.43. The van der Waals surface area contributed by atoms with Crippen LogP contribution in [0.15, 0.2) is 48.5 Å². The SMILES string of the molecule is Cc1cccc(OCC(O)Cn2c(C3CC(=O)N(C(C)(C)C)C3)nc3ccccc32)c1. The Labute approximate surface area is 183 Å². The van der Waals surface area contributed by atoms with Crippen LogP contribution in [0.1, 0.15) is 44.5 Å². The Morgan fingerprint density at radius 3 is 2.68 bits per heavy atom. The molecule has 2 aromatic carbocycles. The summed E-state index contributed by atoms with van der Waals surface area (Å²) in [7, 11) is 0. The van der Waals surface area contributed by atoms with E-state index in [1.807, 2.05) is 60.4 Å². The topological polar surface area (TPSA) is 67.6 Å². The van der Waals surface area contributed by atoms with Crippen LogP contribution in [0.4, 0.5) is 0 Å². The Morgan fingerprint density at radius 1 is 1.19 bits per heavy atom. The summed E-state index contributed by atoms with van der Waals surface area (Å²) in [5, 5.41) is 10.8. The monoisotopic (exact) mass is 421 g/mol. The van der Waals surface area contributed by atoms with Gasteiger partial charge in [-0.1, -0.05) is 24.3 Å². The zero-order valence-electron chi connectivity index (χ0n) is 18.7. The number of nitrogens with zero attached hydrogens (tertiary/aromatic N) is 3. The highest BCUT2D eigenvalue weighted by atomic mass is 16.5. The van der Waals surface area contributed by atoms with Gasteiger partial charge in [0, 0.05) is 24.4 Å². The number of amides is 1. The lowest BCUT2D eigenvalue weighted by Gasteiger charge is -2.32. The molecule has 31 heavy (non-hydrogen) atoms. The van der Waals surface area contributed by atoms with E-state index in [4.69, 9.17) is 9.72 Å². The van der Waals surface area contributed by atoms with Gasteiger partial charge < -0.3 is 19.3 Å². The molecule has 1 amide bonds. The summed E-state index contributed by atoms with van der Waals surface area (Å²) in [6.07, 6.45) is -0.260. The van der Waals surface area contributed by atoms with Gasteiger partial charge in [0.1, 0.15) is 24.3 Å². The van der Waals surface area contributed by atoms with Crippen LogP contribution in [0.2, 0.25) is 0 Å². The van der Waals surface area contributed by atoms with Gasteiger partial charge in [-0.15, -0.1) is 0 Å². The van der Waals surface area contributed by atoms with E-state index in [1.165, 1.54) is 0 Å². The average molecular weight is 422 g/mol. The Hall–Kier alpha value is -2.86. The first-order valence-electron chi connectivity index (χ1n) is 10.9. The summed E-state index contributed by atoms with van der Waals surface area (Å²) in [5.41, 5.74) is 2.74. The Morgan fingerprint density at radius 2 is 1.97 bits per heavy atom. The minimum Gasteiger partial charge on any atom is -0.491 e. The fraction of sp³-hybridized carbons (Fsp3) is 0.440. The van der Waals surface area contributed by atoms with E-state index in [0.717, 1.165) is 28.2 Å². The van der Waals surface area contributed by atoms with Crippen LogP contribution in [-0.2, 0) is 11.3 Å². The van der Waals surface area contributed by atoms with Gasteiger partial charge >= 0.3 is 0 Å². The summed E-state index contributed by atoms with van der Waals surface area (Å²) < 4.78 is 7.87. The standard InChI is InChI=1S/C25H31N3O3/c1-17-8-7-9-20(12-17)31-16-19(29)15-27-22-11-6-5-10-21(22)26-24(27)18-13-23(30)28(14-18)25(2,3)4/h5-12,18-19,29H,13-16H2,1-4H3. The minimum atomic E-state index is -0.701. The molecule has 1 aromatic heterocycles. The first-order valence-corrected chi connectivity index (χ1v) is 10.9. The number of benzene rings is 2. The van der Waals surface area contributed by atoms with Crippen molar-refractivity contribution in [2.24, 2.45) is 0 Å². The zero-order valence-corrected chi connectivity index (χ0v) is 18.7. The highest BCUT2D eigenvalue weighted by Crippen LogP contribution is 2.34. The zero-order chi connectivity index (χ0) is 22.2. The Kier molecular flexibility index (Phi) is 5.75. The first-order chi connectivity index (χ1) is 14.7. The summed E-state index contributed by atoms with van der Waals surface area (Å²) in [5.74, 6) is 1.76. The number of rotatable bonds is 6. The number of aromatic nitrogens is 2. The van der Waals surface area contributed by atoms with Crippen LogP contribution >= 0.6 is 0 Å². The van der Waals surface area contributed by atoms with Crippen LogP contribution in [0, 0.1) is 6.92 Å². The summed E-state index contributed by atoms with van der Waals surface area (Å²) in [6, 6.07) is 15.7. The Bertz CT molecular complexity index is 1080. The molecule has 0 spiro atoms. The molecule has 2 unspecified atom stereocenters. The molecule has 1 aliphatic heterocycles. The molecule has 3 aromatic rings. The highest BCUT2D eigenvalue weighted by molar-refractivity contribution is 5.81. The molecule has 6 nitrogen and oxygen atoms in total. The molecule has 1 aliphatic rings. The predicted octanol–water partition coefficient (Wildman–Crippen LogP) is 3.90. The van der Waals surface area contributed by atoms with E-state index >= 15 is 0 Å². The molecule has 2 heterocycles. The Balaban J connectivity index is 1.56. The van der Waals surface area contributed by atoms with Gasteiger partial charge in [0.2, 0.25) is 5.91 Å². The largest absolute Gasteiger partial charge is 0.491 e. The molecule has 2 atom stereocenters. The smallest absolute Gasteiger partial charge is 0.223 e. The maximum absolute atomic E-state index is 12.7. The van der Waals surface area contributed by atoms with Gasteiger partial charge in [-0.2, -0.15) is 0 Å². The number of aliphatic hydroxyl groups is 1. The molecule has 4 rings (SSSR count). The van der Waals surface area contributed by atoms with Crippen molar-refractivity contribution in [3.05, 3.63) is 59.9 Å². The second-order valence-electron chi connectivity index (χ2n) is 9.43. The van der Waals surface area contributed by atoms with Gasteiger partial charge in [-0.25, -0.2) is 4.98 Å². The van der Waals surface area contributed by atoms with E-state index in [-0.39, 0.29) is 24.0 Å². The van der Waals surface area contributed by atoms with Crippen LogP contribution in [0.3, 0.4) is 0 Å². The van der Waals surface area contributed by atoms with Crippen LogP contribution in [0.25, 0.3) is 11.0 Å². The quantitative estimate of drug-likeness (QED) is 0.656. The highest BCUT2D eigenvalue weighted by Gasteiger charge is 2.39. The summed E-state index contributed by atoms with van der Waals surface area (Å²) in [4.78, 5) is 19.4. The van der Waals surface area contributed by atoms with E-state index in [0.29, 0.717) is 19.5 Å². The van der Waals surface area contributed by atoms with Gasteiger partial charge in [0.25, 0.3) is 0 Å². The number of aliphatic hydroxyl groups excluding tert-OH is 1. The number of aryl methyl sites for hydroxylation is 1.